The maximum absolute atomic E-state index is 12.5. The molecule has 33 heavy (non-hydrogen) atoms. The second kappa shape index (κ2) is 10.8. The lowest BCUT2D eigenvalue weighted by Crippen LogP contribution is -2.44. The highest BCUT2D eigenvalue weighted by Crippen LogP contribution is 2.25. The smallest absolute Gasteiger partial charge is 0.236 e. The first-order valence-electron chi connectivity index (χ1n) is 11.2. The Balaban J connectivity index is 1.32. The third kappa shape index (κ3) is 6.20. The maximum atomic E-state index is 12.5. The van der Waals surface area contributed by atoms with Gasteiger partial charge in [-0.25, -0.2) is 4.98 Å². The number of benzene rings is 1. The van der Waals surface area contributed by atoms with Crippen molar-refractivity contribution in [2.24, 2.45) is 0 Å². The second-order valence-electron chi connectivity index (χ2n) is 8.35. The minimum atomic E-state index is -0.0997. The number of carbonyl (C=O) groups excluding carboxylic acids is 1. The van der Waals surface area contributed by atoms with Crippen LogP contribution in [0.4, 0.5) is 5.13 Å². The van der Waals surface area contributed by atoms with Gasteiger partial charge in [0, 0.05) is 37.1 Å². The molecule has 4 rings (SSSR count). The number of rotatable bonds is 8. The number of ether oxygens (including phenoxy) is 1. The molecule has 8 nitrogen and oxygen atoms in total. The summed E-state index contributed by atoms with van der Waals surface area (Å²) in [7, 11) is 0. The lowest BCUT2D eigenvalue weighted by Gasteiger charge is -2.34. The Hall–Kier alpha value is -2.27. The van der Waals surface area contributed by atoms with E-state index in [1.165, 1.54) is 28.7 Å². The Morgan fingerprint density at radius 2 is 2.06 bits per heavy atom. The van der Waals surface area contributed by atoms with Crippen LogP contribution in [0.2, 0.25) is 0 Å². The van der Waals surface area contributed by atoms with Gasteiger partial charge in [-0.1, -0.05) is 35.5 Å². The van der Waals surface area contributed by atoms with Crippen LogP contribution in [0.1, 0.15) is 32.0 Å². The topological polar surface area (TPSA) is 85.2 Å². The molecule has 0 aliphatic carbocycles. The normalized spacial score (nSPS) is 19.0. The van der Waals surface area contributed by atoms with E-state index in [-0.39, 0.29) is 23.9 Å². The van der Waals surface area contributed by atoms with Gasteiger partial charge in [-0.2, -0.15) is 0 Å². The third-order valence-electron chi connectivity index (χ3n) is 5.32. The number of aryl methyl sites for hydroxylation is 1. The van der Waals surface area contributed by atoms with Gasteiger partial charge >= 0.3 is 0 Å². The third-order valence-corrected chi connectivity index (χ3v) is 7.09. The molecule has 1 amide bonds. The summed E-state index contributed by atoms with van der Waals surface area (Å²) in [6, 6.07) is 8.20. The van der Waals surface area contributed by atoms with Crippen molar-refractivity contribution in [3.63, 3.8) is 0 Å². The molecule has 1 aliphatic heterocycles. The molecule has 1 aliphatic rings. The van der Waals surface area contributed by atoms with Crippen molar-refractivity contribution >= 4 is 34.1 Å². The molecule has 1 saturated heterocycles. The molecule has 3 heterocycles. The van der Waals surface area contributed by atoms with Crippen molar-refractivity contribution in [2.45, 2.75) is 58.1 Å². The van der Waals surface area contributed by atoms with E-state index in [0.717, 1.165) is 48.4 Å². The van der Waals surface area contributed by atoms with Gasteiger partial charge in [0.05, 0.1) is 23.7 Å². The van der Waals surface area contributed by atoms with Crippen molar-refractivity contribution < 1.29 is 9.53 Å². The first-order valence-corrected chi connectivity index (χ1v) is 13.0. The van der Waals surface area contributed by atoms with Crippen molar-refractivity contribution in [3.05, 3.63) is 40.9 Å². The number of morpholine rings is 1. The number of thioether (sulfide) groups is 1. The molecular formula is C23H30N6O2S2. The number of nitrogens with zero attached hydrogens (tertiary/aromatic N) is 5. The average molecular weight is 487 g/mol. The van der Waals surface area contributed by atoms with Crippen LogP contribution >= 0.6 is 23.1 Å². The van der Waals surface area contributed by atoms with Gasteiger partial charge in [0.15, 0.2) is 16.1 Å². The summed E-state index contributed by atoms with van der Waals surface area (Å²) in [4.78, 5) is 19.5. The Labute approximate surface area is 202 Å². The summed E-state index contributed by atoms with van der Waals surface area (Å²) in [5.74, 6) is 0.969. The Kier molecular flexibility index (Phi) is 7.79. The summed E-state index contributed by atoms with van der Waals surface area (Å²) in [5.41, 5.74) is 3.17. The van der Waals surface area contributed by atoms with Crippen LogP contribution in [0.15, 0.2) is 34.8 Å². The van der Waals surface area contributed by atoms with Crippen LogP contribution in [-0.2, 0) is 22.6 Å². The van der Waals surface area contributed by atoms with Crippen LogP contribution in [0, 0.1) is 6.92 Å². The molecule has 1 aromatic carbocycles. The second-order valence-corrected chi connectivity index (χ2v) is 10.2. The number of hydrogen-bond acceptors (Lipinski definition) is 8. The summed E-state index contributed by atoms with van der Waals surface area (Å²) >= 11 is 2.84. The predicted octanol–water partition coefficient (Wildman–Crippen LogP) is 4.07. The first kappa shape index (κ1) is 23.9. The van der Waals surface area contributed by atoms with Crippen LogP contribution in [-0.4, -0.2) is 61.6 Å². The van der Waals surface area contributed by atoms with E-state index in [2.05, 4.69) is 65.2 Å². The summed E-state index contributed by atoms with van der Waals surface area (Å²) < 4.78 is 7.83. The highest BCUT2D eigenvalue weighted by molar-refractivity contribution is 7.99. The number of carbonyl (C=O) groups is 1. The van der Waals surface area contributed by atoms with Gasteiger partial charge in [0.2, 0.25) is 5.91 Å². The molecule has 2 unspecified atom stereocenters. The van der Waals surface area contributed by atoms with Gasteiger partial charge in [-0.15, -0.1) is 21.5 Å². The fourth-order valence-electron chi connectivity index (χ4n) is 4.04. The number of hydrogen-bond donors (Lipinski definition) is 1. The molecule has 0 saturated carbocycles. The molecule has 10 heteroatoms. The number of nitrogens with one attached hydrogen (secondary N) is 1. The van der Waals surface area contributed by atoms with Crippen molar-refractivity contribution in [3.8, 4) is 11.4 Å². The van der Waals surface area contributed by atoms with E-state index in [4.69, 9.17) is 4.74 Å². The largest absolute Gasteiger partial charge is 0.373 e. The van der Waals surface area contributed by atoms with E-state index < -0.39 is 0 Å². The zero-order valence-electron chi connectivity index (χ0n) is 19.4. The fourth-order valence-corrected chi connectivity index (χ4v) is 5.56. The van der Waals surface area contributed by atoms with Gasteiger partial charge in [0.1, 0.15) is 0 Å². The summed E-state index contributed by atoms with van der Waals surface area (Å²) in [5, 5.41) is 15.0. The van der Waals surface area contributed by atoms with Crippen molar-refractivity contribution in [1.82, 2.24) is 24.6 Å². The highest BCUT2D eigenvalue weighted by atomic mass is 32.2. The van der Waals surface area contributed by atoms with E-state index in [0.29, 0.717) is 5.13 Å². The van der Waals surface area contributed by atoms with Gasteiger partial charge < -0.3 is 14.6 Å². The Morgan fingerprint density at radius 3 is 2.79 bits per heavy atom. The van der Waals surface area contributed by atoms with Gasteiger partial charge in [-0.05, 0) is 33.8 Å². The van der Waals surface area contributed by atoms with E-state index >= 15 is 0 Å². The number of thiazole rings is 1. The van der Waals surface area contributed by atoms with E-state index in [9.17, 15) is 4.79 Å². The minimum Gasteiger partial charge on any atom is -0.373 e. The van der Waals surface area contributed by atoms with Crippen LogP contribution in [0.5, 0.6) is 0 Å². The number of anilines is 1. The van der Waals surface area contributed by atoms with Crippen molar-refractivity contribution in [2.75, 3.05) is 24.2 Å². The lowest BCUT2D eigenvalue weighted by atomic mass is 10.1. The zero-order chi connectivity index (χ0) is 23.4. The predicted molar refractivity (Wildman–Crippen MR) is 133 cm³/mol. The molecule has 0 radical (unpaired) electrons. The van der Waals surface area contributed by atoms with E-state index in [1.807, 2.05) is 22.1 Å². The summed E-state index contributed by atoms with van der Waals surface area (Å²) in [6.45, 7) is 11.6. The standard InChI is InChI=1S/C23H30N6O2S2/c1-5-29-21(18-8-6-7-15(2)9-18)26-27-23(29)33-14-20(30)25-22-24-19(13-32-22)12-28-10-16(3)31-17(4)11-28/h6-9,13,16-17H,5,10-12,14H2,1-4H3,(H,24,25,30). The SMILES string of the molecule is CCn1c(SCC(=O)Nc2nc(CN3CC(C)OC(C)C3)cs2)nnc1-c1cccc(C)c1. The monoisotopic (exact) mass is 486 g/mol. The fraction of sp³-hybridized carbons (Fsp3) is 0.478. The van der Waals surface area contributed by atoms with Crippen molar-refractivity contribution in [1.29, 1.82) is 0 Å². The number of amides is 1. The van der Waals surface area contributed by atoms with Crippen LogP contribution in [0.25, 0.3) is 11.4 Å². The van der Waals surface area contributed by atoms with E-state index in [1.54, 1.807) is 0 Å². The maximum Gasteiger partial charge on any atom is 0.236 e. The highest BCUT2D eigenvalue weighted by Gasteiger charge is 2.23. The molecule has 1 fully saturated rings. The Morgan fingerprint density at radius 1 is 1.27 bits per heavy atom. The molecule has 0 spiro atoms. The minimum absolute atomic E-state index is 0.0997. The summed E-state index contributed by atoms with van der Waals surface area (Å²) in [6.07, 6.45) is 0.445. The molecule has 0 bridgehead atoms. The average Bonchev–Trinajstić information content (AvgIpc) is 3.37. The first-order chi connectivity index (χ1) is 15.9. The molecule has 2 aromatic heterocycles. The number of aromatic nitrogens is 4. The quantitative estimate of drug-likeness (QED) is 0.481. The molecule has 176 valence electrons. The van der Waals surface area contributed by atoms with Gasteiger partial charge in [-0.3, -0.25) is 9.69 Å². The van der Waals surface area contributed by atoms with Crippen LogP contribution < -0.4 is 5.32 Å². The van der Waals surface area contributed by atoms with Crippen LogP contribution in [0.3, 0.4) is 0 Å². The lowest BCUT2D eigenvalue weighted by molar-refractivity contribution is -0.113. The van der Waals surface area contributed by atoms with Gasteiger partial charge in [0.25, 0.3) is 0 Å². The molecular weight excluding hydrogens is 456 g/mol. The molecule has 2 atom stereocenters. The molecule has 3 aromatic rings. The zero-order valence-corrected chi connectivity index (χ0v) is 21.1. The molecule has 1 N–H and O–H groups in total. The Bertz CT molecular complexity index is 1090.